The summed E-state index contributed by atoms with van der Waals surface area (Å²) in [7, 11) is -4.39. The molecule has 10 nitrogen and oxygen atoms in total. The lowest BCUT2D eigenvalue weighted by molar-refractivity contribution is -0.0610. The minimum absolute atomic E-state index is 0.0910. The Bertz CT molecular complexity index is 1040. The molecule has 2 aromatic heterocycles. The molecule has 2 aliphatic rings. The van der Waals surface area contributed by atoms with Crippen molar-refractivity contribution in [2.75, 3.05) is 13.0 Å². The maximum atomic E-state index is 13.6. The summed E-state index contributed by atoms with van der Waals surface area (Å²) in [5, 5.41) is 21.2. The minimum atomic E-state index is -4.39. The van der Waals surface area contributed by atoms with Crippen molar-refractivity contribution in [1.82, 2.24) is 14.5 Å². The van der Waals surface area contributed by atoms with Gasteiger partial charge in [0, 0.05) is 24.4 Å². The smallest absolute Gasteiger partial charge is 0.350 e. The number of hydrogen-bond acceptors (Lipinski definition) is 7. The second-order valence-corrected chi connectivity index (χ2v) is 10.2. The van der Waals surface area contributed by atoms with Crippen molar-refractivity contribution >= 4 is 30.2 Å². The molecule has 2 fully saturated rings. The lowest BCUT2D eigenvalue weighted by atomic mass is 10.00. The van der Waals surface area contributed by atoms with Gasteiger partial charge in [-0.15, -0.1) is 0 Å². The molecular formula is C18H23ClF2N3O7P. The maximum absolute atomic E-state index is 13.6. The first-order valence-corrected chi connectivity index (χ1v) is 12.2. The normalized spacial score (nSPS) is 30.4. The molecule has 1 aliphatic carbocycles. The molecule has 4 N–H and O–H groups in total. The monoisotopic (exact) mass is 497 g/mol. The van der Waals surface area contributed by atoms with E-state index in [0.29, 0.717) is 29.6 Å². The Hall–Kier alpha value is -1.24. The van der Waals surface area contributed by atoms with Gasteiger partial charge in [-0.05, 0) is 36.4 Å². The molecule has 178 valence electrons. The fourth-order valence-corrected chi connectivity index (χ4v) is 4.83. The summed E-state index contributed by atoms with van der Waals surface area (Å²) in [6, 6.07) is 1.66. The van der Waals surface area contributed by atoms with Crippen molar-refractivity contribution in [3.8, 4) is 0 Å². The number of aromatic nitrogens is 3. The third-order valence-corrected chi connectivity index (χ3v) is 6.45. The highest BCUT2D eigenvalue weighted by Gasteiger charge is 2.44. The van der Waals surface area contributed by atoms with Gasteiger partial charge in [-0.25, -0.2) is 13.8 Å². The highest BCUT2D eigenvalue weighted by molar-refractivity contribution is 7.51. The summed E-state index contributed by atoms with van der Waals surface area (Å²) in [6.45, 7) is -0.351. The molecule has 1 unspecified atom stereocenters. The van der Waals surface area contributed by atoms with E-state index in [2.05, 4.69) is 9.97 Å². The van der Waals surface area contributed by atoms with Gasteiger partial charge < -0.3 is 34.0 Å². The predicted octanol–water partition coefficient (Wildman–Crippen LogP) is 1.83. The van der Waals surface area contributed by atoms with Crippen LogP contribution >= 0.6 is 19.2 Å². The number of hydrogen-bond donors (Lipinski definition) is 4. The lowest BCUT2D eigenvalue weighted by Crippen LogP contribution is -2.33. The van der Waals surface area contributed by atoms with Crippen LogP contribution in [0.4, 0.5) is 8.78 Å². The third kappa shape index (κ3) is 5.13. The minimum Gasteiger partial charge on any atom is -0.387 e. The third-order valence-electron chi connectivity index (χ3n) is 5.76. The fourth-order valence-electron chi connectivity index (χ4n) is 4.30. The zero-order chi connectivity index (χ0) is 23.3. The van der Waals surface area contributed by atoms with Gasteiger partial charge in [0.1, 0.15) is 30.3 Å². The summed E-state index contributed by atoms with van der Waals surface area (Å²) in [6.07, 6.45) is -3.89. The van der Waals surface area contributed by atoms with E-state index >= 15 is 0 Å². The predicted molar refractivity (Wildman–Crippen MR) is 107 cm³/mol. The second kappa shape index (κ2) is 8.84. The molecular weight excluding hydrogens is 475 g/mol. The number of alkyl halides is 2. The Balaban J connectivity index is 1.54. The van der Waals surface area contributed by atoms with E-state index in [1.165, 1.54) is 4.57 Å². The van der Waals surface area contributed by atoms with Crippen LogP contribution in [0.25, 0.3) is 11.0 Å². The molecule has 14 heteroatoms. The SMILES string of the molecule is O=P(O)(O)COC[C@H]1O[C@@H](n2ccc3c(CC4CCC(F)(F)C4)nc(Cl)nc32)[C@H](O)[C@@H]1O. The molecule has 1 aliphatic heterocycles. The number of ether oxygens (including phenoxy) is 2. The van der Waals surface area contributed by atoms with Crippen LogP contribution in [0.2, 0.25) is 5.28 Å². The van der Waals surface area contributed by atoms with E-state index in [0.717, 1.165) is 0 Å². The van der Waals surface area contributed by atoms with Crippen molar-refractivity contribution in [3.05, 3.63) is 23.2 Å². The molecule has 0 bridgehead atoms. The molecule has 0 amide bonds. The largest absolute Gasteiger partial charge is 0.387 e. The van der Waals surface area contributed by atoms with Gasteiger partial charge in [0.2, 0.25) is 11.2 Å². The molecule has 1 saturated heterocycles. The summed E-state index contributed by atoms with van der Waals surface area (Å²) in [5.74, 6) is -2.92. The van der Waals surface area contributed by atoms with E-state index in [1.807, 2.05) is 0 Å². The van der Waals surface area contributed by atoms with Crippen LogP contribution in [0.5, 0.6) is 0 Å². The van der Waals surface area contributed by atoms with Crippen LogP contribution in [-0.2, 0) is 20.5 Å². The van der Waals surface area contributed by atoms with Gasteiger partial charge in [-0.3, -0.25) is 4.57 Å². The van der Waals surface area contributed by atoms with Crippen LogP contribution in [-0.4, -0.2) is 71.7 Å². The quantitative estimate of drug-likeness (QED) is 0.332. The van der Waals surface area contributed by atoms with Crippen LogP contribution in [0, 0.1) is 5.92 Å². The number of fused-ring (bicyclic) bond motifs is 1. The van der Waals surface area contributed by atoms with E-state index in [1.54, 1.807) is 12.3 Å². The van der Waals surface area contributed by atoms with Crippen molar-refractivity contribution in [2.45, 2.75) is 56.1 Å². The molecule has 5 atom stereocenters. The number of halogens is 3. The van der Waals surface area contributed by atoms with Crippen molar-refractivity contribution in [3.63, 3.8) is 0 Å². The first kappa shape index (κ1) is 23.9. The average molecular weight is 498 g/mol. The number of rotatable bonds is 7. The Morgan fingerprint density at radius 2 is 2.06 bits per heavy atom. The summed E-state index contributed by atoms with van der Waals surface area (Å²) >= 11 is 6.08. The highest BCUT2D eigenvalue weighted by atomic mass is 35.5. The Morgan fingerprint density at radius 1 is 1.31 bits per heavy atom. The number of aliphatic hydroxyl groups is 2. The van der Waals surface area contributed by atoms with Crippen LogP contribution in [0.15, 0.2) is 12.3 Å². The standard InChI is InChI=1S/C18H23ClF2N3O7P/c19-17-22-11(5-9-1-3-18(20,21)6-9)10-2-4-24(15(10)23-17)16-14(26)13(25)12(31-16)7-30-8-32(27,28)29/h2,4,9,12-14,16,25-26H,1,3,5-8H2,(H2,27,28,29)/t9?,12-,13-,14-,16-/m1/s1. The van der Waals surface area contributed by atoms with E-state index in [-0.39, 0.29) is 30.7 Å². The average Bonchev–Trinajstić information content (AvgIpc) is 3.32. The summed E-state index contributed by atoms with van der Waals surface area (Å²) < 4.78 is 50.1. The Morgan fingerprint density at radius 3 is 2.72 bits per heavy atom. The molecule has 1 saturated carbocycles. The Kier molecular flexibility index (Phi) is 6.61. The van der Waals surface area contributed by atoms with Crippen molar-refractivity contribution < 1.29 is 42.8 Å². The summed E-state index contributed by atoms with van der Waals surface area (Å²) in [4.78, 5) is 26.1. The highest BCUT2D eigenvalue weighted by Crippen LogP contribution is 2.41. The molecule has 0 radical (unpaired) electrons. The first-order valence-electron chi connectivity index (χ1n) is 9.98. The molecule has 3 heterocycles. The molecule has 4 rings (SSSR count). The molecule has 0 aromatic carbocycles. The van der Waals surface area contributed by atoms with Gasteiger partial charge in [-0.2, -0.15) is 4.98 Å². The Labute approximate surface area is 186 Å². The van der Waals surface area contributed by atoms with Gasteiger partial charge in [0.05, 0.1) is 12.3 Å². The van der Waals surface area contributed by atoms with Crippen LogP contribution in [0.3, 0.4) is 0 Å². The van der Waals surface area contributed by atoms with Crippen molar-refractivity contribution in [1.29, 1.82) is 0 Å². The zero-order valence-corrected chi connectivity index (χ0v) is 18.4. The maximum Gasteiger partial charge on any atom is 0.350 e. The van der Waals surface area contributed by atoms with Gasteiger partial charge >= 0.3 is 7.60 Å². The summed E-state index contributed by atoms with van der Waals surface area (Å²) in [5.41, 5.74) is 0.814. The fraction of sp³-hybridized carbons (Fsp3) is 0.667. The first-order chi connectivity index (χ1) is 14.9. The number of aliphatic hydroxyl groups excluding tert-OH is 2. The molecule has 0 spiro atoms. The lowest BCUT2D eigenvalue weighted by Gasteiger charge is -2.18. The van der Waals surface area contributed by atoms with E-state index in [4.69, 9.17) is 30.9 Å². The van der Waals surface area contributed by atoms with E-state index in [9.17, 15) is 23.6 Å². The molecule has 2 aromatic rings. The van der Waals surface area contributed by atoms with Gasteiger partial charge in [-0.1, -0.05) is 0 Å². The van der Waals surface area contributed by atoms with E-state index < -0.39 is 44.4 Å². The van der Waals surface area contributed by atoms with Crippen LogP contribution < -0.4 is 0 Å². The number of nitrogens with zero attached hydrogens (tertiary/aromatic N) is 3. The van der Waals surface area contributed by atoms with Crippen LogP contribution in [0.1, 0.15) is 31.2 Å². The van der Waals surface area contributed by atoms with Gasteiger partial charge in [0.25, 0.3) is 0 Å². The van der Waals surface area contributed by atoms with Crippen molar-refractivity contribution in [2.24, 2.45) is 5.92 Å². The van der Waals surface area contributed by atoms with Gasteiger partial charge in [0.15, 0.2) is 6.23 Å². The topological polar surface area (TPSA) is 147 Å². The molecule has 32 heavy (non-hydrogen) atoms. The second-order valence-electron chi connectivity index (χ2n) is 8.28. The zero-order valence-electron chi connectivity index (χ0n) is 16.7.